The Morgan fingerprint density at radius 1 is 1.18 bits per heavy atom. The van der Waals surface area contributed by atoms with E-state index >= 15 is 0 Å². The summed E-state index contributed by atoms with van der Waals surface area (Å²) >= 11 is 0. The Balaban J connectivity index is 1.34. The van der Waals surface area contributed by atoms with E-state index in [2.05, 4.69) is 44.9 Å². The number of para-hydroxylation sites is 2. The van der Waals surface area contributed by atoms with Crippen LogP contribution in [0, 0.1) is 5.92 Å². The van der Waals surface area contributed by atoms with Crippen molar-refractivity contribution in [2.45, 2.75) is 57.8 Å². The van der Waals surface area contributed by atoms with Gasteiger partial charge in [-0.3, -0.25) is 14.7 Å². The van der Waals surface area contributed by atoms with Crippen molar-refractivity contribution in [3.05, 3.63) is 60.2 Å². The predicted molar refractivity (Wildman–Crippen MR) is 128 cm³/mol. The van der Waals surface area contributed by atoms with Crippen LogP contribution in [0.3, 0.4) is 0 Å². The molecule has 1 aromatic carbocycles. The number of fused-ring (bicyclic) bond motifs is 1. The molecule has 7 nitrogen and oxygen atoms in total. The first-order valence-corrected chi connectivity index (χ1v) is 12.2. The van der Waals surface area contributed by atoms with Crippen LogP contribution in [0.4, 0.5) is 0 Å². The minimum Gasteiger partial charge on any atom is -0.368 e. The van der Waals surface area contributed by atoms with Gasteiger partial charge in [-0.2, -0.15) is 0 Å². The van der Waals surface area contributed by atoms with Crippen molar-refractivity contribution >= 4 is 16.9 Å². The second-order valence-electron chi connectivity index (χ2n) is 9.14. The molecule has 2 saturated heterocycles. The number of rotatable bonds is 7. The summed E-state index contributed by atoms with van der Waals surface area (Å²) in [4.78, 5) is 25.0. The first-order chi connectivity index (χ1) is 16.2. The van der Waals surface area contributed by atoms with Gasteiger partial charge in [-0.15, -0.1) is 0 Å². The third kappa shape index (κ3) is 4.80. The zero-order valence-electron chi connectivity index (χ0n) is 19.3. The topological polar surface area (TPSA) is 72.3 Å². The van der Waals surface area contributed by atoms with E-state index in [1.165, 1.54) is 5.52 Å². The molecule has 2 aliphatic rings. The van der Waals surface area contributed by atoms with Crippen LogP contribution in [-0.2, 0) is 22.6 Å². The lowest BCUT2D eigenvalue weighted by Gasteiger charge is -2.37. The number of carbonyl (C=O) groups excluding carboxylic acids is 1. The summed E-state index contributed by atoms with van der Waals surface area (Å²) in [5.41, 5.74) is 3.17. The maximum atomic E-state index is 12.9. The summed E-state index contributed by atoms with van der Waals surface area (Å²) in [5, 5.41) is 3.30. The first kappa shape index (κ1) is 22.0. The van der Waals surface area contributed by atoms with Gasteiger partial charge in [0, 0.05) is 25.9 Å². The van der Waals surface area contributed by atoms with E-state index in [0.29, 0.717) is 12.5 Å². The van der Waals surface area contributed by atoms with E-state index in [4.69, 9.17) is 9.72 Å². The van der Waals surface area contributed by atoms with E-state index in [0.717, 1.165) is 68.9 Å². The number of pyridine rings is 1. The van der Waals surface area contributed by atoms with Crippen LogP contribution < -0.4 is 5.32 Å². The standard InChI is InChI=1S/C26H33N5O2/c1-2-31-22-12-4-3-10-20(22)28-24(31)18-30-15-7-9-19(17-30)25(21-11-5-6-14-27-21)29-26(32)23-13-8-16-33-23/h3-6,10-12,14,19,23,25H,2,7-9,13,15-18H2,1H3,(H,29,32)/t19-,23+,25+/m0/s1. The molecule has 0 bridgehead atoms. The molecule has 174 valence electrons. The fourth-order valence-corrected chi connectivity index (χ4v) is 5.33. The Morgan fingerprint density at radius 3 is 2.85 bits per heavy atom. The van der Waals surface area contributed by atoms with Crippen molar-refractivity contribution in [1.29, 1.82) is 0 Å². The number of aromatic nitrogens is 3. The number of nitrogens with one attached hydrogen (secondary N) is 1. The minimum absolute atomic E-state index is 0.00643. The van der Waals surface area contributed by atoms with E-state index < -0.39 is 0 Å². The van der Waals surface area contributed by atoms with Gasteiger partial charge < -0.3 is 14.6 Å². The molecule has 5 rings (SSSR count). The Hall–Kier alpha value is -2.77. The van der Waals surface area contributed by atoms with Gasteiger partial charge >= 0.3 is 0 Å². The molecular weight excluding hydrogens is 414 g/mol. The van der Waals surface area contributed by atoms with Crippen LogP contribution in [0.2, 0.25) is 0 Å². The maximum absolute atomic E-state index is 12.9. The van der Waals surface area contributed by atoms with E-state index in [1.54, 1.807) is 0 Å². The average Bonchev–Trinajstić information content (AvgIpc) is 3.51. The number of ether oxygens (including phenoxy) is 1. The van der Waals surface area contributed by atoms with Crippen molar-refractivity contribution < 1.29 is 9.53 Å². The van der Waals surface area contributed by atoms with Crippen molar-refractivity contribution in [3.8, 4) is 0 Å². The third-order valence-corrected chi connectivity index (χ3v) is 6.95. The first-order valence-electron chi connectivity index (χ1n) is 12.2. The Morgan fingerprint density at radius 2 is 2.06 bits per heavy atom. The number of hydrogen-bond acceptors (Lipinski definition) is 5. The summed E-state index contributed by atoms with van der Waals surface area (Å²) in [6, 6.07) is 14.2. The van der Waals surface area contributed by atoms with Crippen LogP contribution in [0.1, 0.15) is 50.2 Å². The lowest BCUT2D eigenvalue weighted by atomic mass is 9.88. The Bertz CT molecular complexity index is 1080. The molecule has 0 radical (unpaired) electrons. The van der Waals surface area contributed by atoms with Crippen LogP contribution in [-0.4, -0.2) is 51.1 Å². The van der Waals surface area contributed by atoms with Crippen molar-refractivity contribution in [2.24, 2.45) is 5.92 Å². The largest absolute Gasteiger partial charge is 0.368 e. The van der Waals surface area contributed by atoms with Gasteiger partial charge in [-0.05, 0) is 69.3 Å². The van der Waals surface area contributed by atoms with Crippen molar-refractivity contribution in [1.82, 2.24) is 24.8 Å². The van der Waals surface area contributed by atoms with Crippen LogP contribution >= 0.6 is 0 Å². The fraction of sp³-hybridized carbons (Fsp3) is 0.500. The van der Waals surface area contributed by atoms with Crippen LogP contribution in [0.25, 0.3) is 11.0 Å². The molecule has 3 atom stereocenters. The normalized spacial score (nSPS) is 22.5. The predicted octanol–water partition coefficient (Wildman–Crippen LogP) is 3.70. The number of benzene rings is 1. The lowest BCUT2D eigenvalue weighted by molar-refractivity contribution is -0.131. The molecule has 3 aromatic rings. The van der Waals surface area contributed by atoms with Crippen molar-refractivity contribution in [2.75, 3.05) is 19.7 Å². The molecule has 2 aliphatic heterocycles. The second-order valence-corrected chi connectivity index (χ2v) is 9.14. The Kier molecular flexibility index (Phi) is 6.69. The molecular formula is C26H33N5O2. The number of nitrogens with zero attached hydrogens (tertiary/aromatic N) is 4. The van der Waals surface area contributed by atoms with E-state index in [-0.39, 0.29) is 18.1 Å². The van der Waals surface area contributed by atoms with Gasteiger partial charge in [-0.25, -0.2) is 4.98 Å². The summed E-state index contributed by atoms with van der Waals surface area (Å²) < 4.78 is 7.95. The van der Waals surface area contributed by atoms with Gasteiger partial charge in [-0.1, -0.05) is 18.2 Å². The highest BCUT2D eigenvalue weighted by molar-refractivity contribution is 5.81. The highest BCUT2D eigenvalue weighted by atomic mass is 16.5. The SMILES string of the molecule is CCn1c(CN2CCC[C@H]([C@@H](NC(=O)[C@H]3CCCO3)c3ccccn3)C2)nc2ccccc21. The van der Waals surface area contributed by atoms with E-state index in [9.17, 15) is 4.79 Å². The zero-order valence-corrected chi connectivity index (χ0v) is 19.3. The van der Waals surface area contributed by atoms with Crippen molar-refractivity contribution in [3.63, 3.8) is 0 Å². The summed E-state index contributed by atoms with van der Waals surface area (Å²) in [6.07, 6.45) is 5.38. The molecule has 1 amide bonds. The zero-order chi connectivity index (χ0) is 22.6. The molecule has 2 fully saturated rings. The van der Waals surface area contributed by atoms with Gasteiger partial charge in [0.1, 0.15) is 11.9 Å². The number of imidazole rings is 1. The highest BCUT2D eigenvalue weighted by Crippen LogP contribution is 2.30. The van der Waals surface area contributed by atoms with Gasteiger partial charge in [0.2, 0.25) is 5.91 Å². The molecule has 4 heterocycles. The molecule has 7 heteroatoms. The smallest absolute Gasteiger partial charge is 0.249 e. The molecule has 2 aromatic heterocycles. The summed E-state index contributed by atoms with van der Waals surface area (Å²) in [5.74, 6) is 1.39. The molecule has 1 N–H and O–H groups in total. The quantitative estimate of drug-likeness (QED) is 0.598. The number of amides is 1. The van der Waals surface area contributed by atoms with Crippen LogP contribution in [0.15, 0.2) is 48.7 Å². The fourth-order valence-electron chi connectivity index (χ4n) is 5.33. The van der Waals surface area contributed by atoms with Gasteiger partial charge in [0.25, 0.3) is 0 Å². The lowest BCUT2D eigenvalue weighted by Crippen LogP contribution is -2.45. The second kappa shape index (κ2) is 10.0. The number of aryl methyl sites for hydroxylation is 1. The number of carbonyl (C=O) groups is 1. The Labute approximate surface area is 195 Å². The number of piperidine rings is 1. The van der Waals surface area contributed by atoms with Gasteiger partial charge in [0.05, 0.1) is 29.3 Å². The third-order valence-electron chi connectivity index (χ3n) is 6.95. The summed E-state index contributed by atoms with van der Waals surface area (Å²) in [6.45, 7) is 6.50. The molecule has 0 spiro atoms. The minimum atomic E-state index is -0.333. The molecule has 33 heavy (non-hydrogen) atoms. The summed E-state index contributed by atoms with van der Waals surface area (Å²) in [7, 11) is 0. The maximum Gasteiger partial charge on any atom is 0.249 e. The van der Waals surface area contributed by atoms with Gasteiger partial charge in [0.15, 0.2) is 0 Å². The molecule has 0 aliphatic carbocycles. The monoisotopic (exact) mass is 447 g/mol. The number of likely N-dealkylation sites (tertiary alicyclic amines) is 1. The number of hydrogen-bond donors (Lipinski definition) is 1. The molecule has 0 saturated carbocycles. The van der Waals surface area contributed by atoms with E-state index in [1.807, 2.05) is 30.5 Å². The average molecular weight is 448 g/mol. The van der Waals surface area contributed by atoms with Crippen LogP contribution in [0.5, 0.6) is 0 Å². The molecule has 0 unspecified atom stereocenters. The highest BCUT2D eigenvalue weighted by Gasteiger charge is 2.33.